The van der Waals surface area contributed by atoms with Crippen LogP contribution < -0.4 is 0 Å². The highest BCUT2D eigenvalue weighted by atomic mass is 32.2. The summed E-state index contributed by atoms with van der Waals surface area (Å²) < 4.78 is 26.7. The molecule has 0 spiro atoms. The van der Waals surface area contributed by atoms with Crippen molar-refractivity contribution in [2.24, 2.45) is 5.92 Å². The molecule has 1 aliphatic carbocycles. The summed E-state index contributed by atoms with van der Waals surface area (Å²) >= 11 is 1.54. The predicted octanol–water partition coefficient (Wildman–Crippen LogP) is 2.95. The molecule has 0 aromatic heterocycles. The largest absolute Gasteiger partial charge is 0.325 e. The summed E-state index contributed by atoms with van der Waals surface area (Å²) in [5.74, 6) is -0.0920. The molecule has 3 rings (SSSR count). The van der Waals surface area contributed by atoms with Crippen molar-refractivity contribution in [3.05, 3.63) is 35.4 Å². The van der Waals surface area contributed by atoms with Crippen LogP contribution in [-0.2, 0) is 4.79 Å². The highest BCUT2D eigenvalue weighted by Gasteiger charge is 2.39. The summed E-state index contributed by atoms with van der Waals surface area (Å²) in [6, 6.07) is 3.58. The molecule has 2 fully saturated rings. The fourth-order valence-electron chi connectivity index (χ4n) is 2.22. The molecule has 18 heavy (non-hydrogen) atoms. The maximum Gasteiger partial charge on any atom is 0.226 e. The van der Waals surface area contributed by atoms with Gasteiger partial charge >= 0.3 is 0 Å². The lowest BCUT2D eigenvalue weighted by Gasteiger charge is -2.24. The standard InChI is InChI=1S/C13H13F2NOS/c14-9-3-4-10(11(15)7-9)13-16(5-6-18-13)12(17)8-1-2-8/h3-4,7-8,13H,1-2,5-6H2/t13-/m1/s1. The molecule has 0 N–H and O–H groups in total. The normalized spacial score (nSPS) is 23.4. The molecular weight excluding hydrogens is 256 g/mol. The minimum Gasteiger partial charge on any atom is -0.325 e. The molecular formula is C13H13F2NOS. The zero-order valence-electron chi connectivity index (χ0n) is 9.73. The SMILES string of the molecule is O=C(C1CC1)N1CCS[C@@H]1c1ccc(F)cc1F. The topological polar surface area (TPSA) is 20.3 Å². The van der Waals surface area contributed by atoms with E-state index in [4.69, 9.17) is 0 Å². The molecule has 1 aliphatic heterocycles. The van der Waals surface area contributed by atoms with Gasteiger partial charge in [0.25, 0.3) is 0 Å². The smallest absolute Gasteiger partial charge is 0.226 e. The molecule has 1 heterocycles. The summed E-state index contributed by atoms with van der Waals surface area (Å²) in [7, 11) is 0. The monoisotopic (exact) mass is 269 g/mol. The quantitative estimate of drug-likeness (QED) is 0.822. The van der Waals surface area contributed by atoms with Gasteiger partial charge in [0.1, 0.15) is 17.0 Å². The number of carbonyl (C=O) groups is 1. The van der Waals surface area contributed by atoms with Crippen molar-refractivity contribution < 1.29 is 13.6 Å². The van der Waals surface area contributed by atoms with Gasteiger partial charge in [0, 0.05) is 29.8 Å². The van der Waals surface area contributed by atoms with Gasteiger partial charge in [-0.2, -0.15) is 0 Å². The van der Waals surface area contributed by atoms with Crippen LogP contribution in [0.1, 0.15) is 23.8 Å². The van der Waals surface area contributed by atoms with Crippen LogP contribution in [0.4, 0.5) is 8.78 Å². The third kappa shape index (κ3) is 2.11. The van der Waals surface area contributed by atoms with Crippen LogP contribution in [0.5, 0.6) is 0 Å². The molecule has 1 aromatic carbocycles. The lowest BCUT2D eigenvalue weighted by atomic mass is 10.1. The fourth-order valence-corrected chi connectivity index (χ4v) is 3.51. The zero-order chi connectivity index (χ0) is 12.7. The Labute approximate surface area is 108 Å². The Bertz CT molecular complexity index is 490. The van der Waals surface area contributed by atoms with Crippen LogP contribution in [0.25, 0.3) is 0 Å². The van der Waals surface area contributed by atoms with Crippen LogP contribution in [0.3, 0.4) is 0 Å². The molecule has 2 aliphatic rings. The molecule has 96 valence electrons. The zero-order valence-corrected chi connectivity index (χ0v) is 10.6. The van der Waals surface area contributed by atoms with E-state index in [1.165, 1.54) is 23.9 Å². The summed E-state index contributed by atoms with van der Waals surface area (Å²) in [5, 5.41) is -0.293. The molecule has 5 heteroatoms. The lowest BCUT2D eigenvalue weighted by molar-refractivity contribution is -0.132. The van der Waals surface area contributed by atoms with E-state index in [1.54, 1.807) is 4.90 Å². The van der Waals surface area contributed by atoms with Crippen LogP contribution in [0.15, 0.2) is 18.2 Å². The second-order valence-corrected chi connectivity index (χ2v) is 5.88. The minimum absolute atomic E-state index is 0.119. The Morgan fingerprint density at radius 1 is 1.33 bits per heavy atom. The molecule has 2 nitrogen and oxygen atoms in total. The highest BCUT2D eigenvalue weighted by Crippen LogP contribution is 2.42. The van der Waals surface area contributed by atoms with Crippen molar-refractivity contribution in [1.29, 1.82) is 0 Å². The van der Waals surface area contributed by atoms with Gasteiger partial charge in [-0.25, -0.2) is 8.78 Å². The van der Waals surface area contributed by atoms with E-state index < -0.39 is 11.6 Å². The minimum atomic E-state index is -0.584. The average molecular weight is 269 g/mol. The van der Waals surface area contributed by atoms with Crippen molar-refractivity contribution in [3.63, 3.8) is 0 Å². The molecule has 1 atom stereocenters. The van der Waals surface area contributed by atoms with Crippen LogP contribution >= 0.6 is 11.8 Å². The van der Waals surface area contributed by atoms with Gasteiger partial charge in [0.2, 0.25) is 5.91 Å². The second kappa shape index (κ2) is 4.53. The molecule has 1 aromatic rings. The summed E-state index contributed by atoms with van der Waals surface area (Å²) in [5.41, 5.74) is 0.410. The Morgan fingerprint density at radius 3 is 2.78 bits per heavy atom. The van der Waals surface area contributed by atoms with E-state index in [-0.39, 0.29) is 17.2 Å². The van der Waals surface area contributed by atoms with Gasteiger partial charge in [0.05, 0.1) is 0 Å². The van der Waals surface area contributed by atoms with Gasteiger partial charge in [-0.1, -0.05) is 6.07 Å². The maximum atomic E-state index is 13.8. The maximum absolute atomic E-state index is 13.8. The number of thioether (sulfide) groups is 1. The Balaban J connectivity index is 1.87. The van der Waals surface area contributed by atoms with Crippen molar-refractivity contribution in [3.8, 4) is 0 Å². The number of amides is 1. The lowest BCUT2D eigenvalue weighted by Crippen LogP contribution is -2.31. The first-order valence-corrected chi connectivity index (χ1v) is 7.09. The number of benzene rings is 1. The molecule has 1 amide bonds. The van der Waals surface area contributed by atoms with Crippen molar-refractivity contribution >= 4 is 17.7 Å². The summed E-state index contributed by atoms with van der Waals surface area (Å²) in [6.07, 6.45) is 1.89. The fraction of sp³-hybridized carbons (Fsp3) is 0.462. The van der Waals surface area contributed by atoms with Crippen LogP contribution in [0.2, 0.25) is 0 Å². The molecule has 0 bridgehead atoms. The van der Waals surface area contributed by atoms with E-state index in [2.05, 4.69) is 0 Å². The van der Waals surface area contributed by atoms with Gasteiger partial charge in [-0.05, 0) is 18.9 Å². The first kappa shape index (κ1) is 12.0. The molecule has 1 saturated carbocycles. The number of nitrogens with zero attached hydrogens (tertiary/aromatic N) is 1. The molecule has 0 unspecified atom stereocenters. The number of halogens is 2. The van der Waals surface area contributed by atoms with Crippen molar-refractivity contribution in [2.45, 2.75) is 18.2 Å². The first-order chi connectivity index (χ1) is 8.66. The van der Waals surface area contributed by atoms with Crippen LogP contribution in [0, 0.1) is 17.6 Å². The number of hydrogen-bond donors (Lipinski definition) is 0. The number of hydrogen-bond acceptors (Lipinski definition) is 2. The molecule has 1 saturated heterocycles. The Kier molecular flexibility index (Phi) is 3.01. The van der Waals surface area contributed by atoms with Gasteiger partial charge in [-0.3, -0.25) is 4.79 Å². The number of rotatable bonds is 2. The summed E-state index contributed by atoms with van der Waals surface area (Å²) in [4.78, 5) is 13.8. The predicted molar refractivity (Wildman–Crippen MR) is 66.0 cm³/mol. The van der Waals surface area contributed by atoms with E-state index in [0.717, 1.165) is 24.7 Å². The summed E-state index contributed by atoms with van der Waals surface area (Å²) in [6.45, 7) is 0.654. The Morgan fingerprint density at radius 2 is 2.11 bits per heavy atom. The Hall–Kier alpha value is -1.10. The third-order valence-electron chi connectivity index (χ3n) is 3.33. The first-order valence-electron chi connectivity index (χ1n) is 6.04. The van der Waals surface area contributed by atoms with Gasteiger partial charge < -0.3 is 4.90 Å². The van der Waals surface area contributed by atoms with Gasteiger partial charge in [-0.15, -0.1) is 11.8 Å². The van der Waals surface area contributed by atoms with Gasteiger partial charge in [0.15, 0.2) is 0 Å². The number of carbonyl (C=O) groups excluding carboxylic acids is 1. The molecule has 0 radical (unpaired) electrons. The highest BCUT2D eigenvalue weighted by molar-refractivity contribution is 7.99. The third-order valence-corrected chi connectivity index (χ3v) is 4.57. The van der Waals surface area contributed by atoms with Crippen molar-refractivity contribution in [1.82, 2.24) is 4.90 Å². The van der Waals surface area contributed by atoms with Crippen LogP contribution in [-0.4, -0.2) is 23.1 Å². The van der Waals surface area contributed by atoms with E-state index in [9.17, 15) is 13.6 Å². The van der Waals surface area contributed by atoms with Crippen molar-refractivity contribution in [2.75, 3.05) is 12.3 Å². The van der Waals surface area contributed by atoms with E-state index in [0.29, 0.717) is 12.1 Å². The average Bonchev–Trinajstić information content (AvgIpc) is 3.07. The van der Waals surface area contributed by atoms with E-state index in [1.807, 2.05) is 0 Å². The van der Waals surface area contributed by atoms with E-state index >= 15 is 0 Å². The second-order valence-electron chi connectivity index (χ2n) is 4.69.